The molecule has 0 nitrogen and oxygen atoms in total. The van der Waals surface area contributed by atoms with E-state index in [4.69, 9.17) is 0 Å². The maximum Gasteiger partial charge on any atom is -0.0348 e. The number of hydrogen-bond donors (Lipinski definition) is 0. The normalized spacial score (nSPS) is 13.1. The molecule has 0 bridgehead atoms. The predicted molar refractivity (Wildman–Crippen MR) is 57.0 cm³/mol. The molecule has 0 aliphatic carbocycles. The van der Waals surface area contributed by atoms with Crippen LogP contribution in [0.15, 0.2) is 0 Å². The van der Waals surface area contributed by atoms with Gasteiger partial charge in [0.25, 0.3) is 0 Å². The van der Waals surface area contributed by atoms with E-state index < -0.39 is 0 Å². The lowest BCUT2D eigenvalue weighted by Crippen LogP contribution is -2.05. The Kier molecular flexibility index (Phi) is 6.24. The first-order chi connectivity index (χ1) is 5.06. The Morgan fingerprint density at radius 2 is 1.73 bits per heavy atom. The minimum Gasteiger partial charge on any atom is -0.122 e. The molecule has 1 unspecified atom stereocenters. The van der Waals surface area contributed by atoms with Crippen LogP contribution in [0.3, 0.4) is 0 Å². The summed E-state index contributed by atoms with van der Waals surface area (Å²) in [6.45, 7) is 9.26. The quantitative estimate of drug-likeness (QED) is 0.438. The van der Waals surface area contributed by atoms with Crippen LogP contribution in [0.4, 0.5) is 0 Å². The van der Waals surface area contributed by atoms with Crippen molar-refractivity contribution < 1.29 is 0 Å². The van der Waals surface area contributed by atoms with E-state index in [2.05, 4.69) is 27.7 Å². The zero-order valence-corrected chi connectivity index (χ0v) is 9.54. The summed E-state index contributed by atoms with van der Waals surface area (Å²) in [6.07, 6.45) is 7.11. The highest BCUT2D eigenvalue weighted by Gasteiger charge is 2.08. The zero-order valence-electron chi connectivity index (χ0n) is 8.54. The summed E-state index contributed by atoms with van der Waals surface area (Å²) < 4.78 is 0. The molecule has 0 saturated carbocycles. The van der Waals surface area contributed by atoms with Gasteiger partial charge in [-0.15, -0.1) is 8.58 Å². The fraction of sp³-hybridized carbons (Fsp3) is 1.00. The number of hydrogen-bond acceptors (Lipinski definition) is 0. The number of unbranched alkanes of at least 4 members (excludes halogenated alkanes) is 1. The smallest absolute Gasteiger partial charge is 0.0348 e. The molecule has 0 heterocycles. The van der Waals surface area contributed by atoms with Crippen molar-refractivity contribution >= 4 is 8.58 Å². The van der Waals surface area contributed by atoms with Gasteiger partial charge in [0, 0.05) is 0 Å². The number of rotatable bonds is 5. The van der Waals surface area contributed by atoms with E-state index in [1.54, 1.807) is 0 Å². The Morgan fingerprint density at radius 3 is 2.18 bits per heavy atom. The lowest BCUT2D eigenvalue weighted by molar-refractivity contribution is 0.401. The molecule has 0 aliphatic rings. The summed E-state index contributed by atoms with van der Waals surface area (Å²) in [6, 6.07) is 0. The molecule has 0 radical (unpaired) electrons. The monoisotopic (exact) mass is 174 g/mol. The topological polar surface area (TPSA) is 0 Å². The van der Waals surface area contributed by atoms with Crippen LogP contribution < -0.4 is 0 Å². The van der Waals surface area contributed by atoms with Gasteiger partial charge in [-0.2, -0.15) is 0 Å². The highest BCUT2D eigenvalue weighted by atomic mass is 31.1. The second-order valence-corrected chi connectivity index (χ2v) is 5.91. The van der Waals surface area contributed by atoms with Crippen molar-refractivity contribution in [3.05, 3.63) is 0 Å². The van der Waals surface area contributed by atoms with Crippen LogP contribution in [-0.2, 0) is 0 Å². The summed E-state index contributed by atoms with van der Waals surface area (Å²) in [7, 11) is 1.21. The van der Waals surface area contributed by atoms with Crippen LogP contribution in [0, 0.1) is 5.41 Å². The fourth-order valence-corrected chi connectivity index (χ4v) is 2.67. The minimum absolute atomic E-state index is 0.555. The molecule has 11 heavy (non-hydrogen) atoms. The van der Waals surface area contributed by atoms with Crippen molar-refractivity contribution in [3.63, 3.8) is 0 Å². The van der Waals surface area contributed by atoms with Gasteiger partial charge in [0.2, 0.25) is 0 Å². The highest BCUT2D eigenvalue weighted by Crippen LogP contribution is 2.24. The van der Waals surface area contributed by atoms with Gasteiger partial charge in [0.05, 0.1) is 0 Å². The molecule has 68 valence electrons. The molecule has 1 heteroatoms. The zero-order chi connectivity index (χ0) is 8.74. The first kappa shape index (κ1) is 11.4. The molecular formula is C10H23P. The molecule has 0 fully saturated rings. The average molecular weight is 174 g/mol. The molecule has 0 aromatic rings. The first-order valence-corrected chi connectivity index (χ1v) is 6.18. The summed E-state index contributed by atoms with van der Waals surface area (Å²) in [5.74, 6) is 0. The molecule has 1 atom stereocenters. The SMILES string of the molecule is CCCCPCCC(C)(C)C. The van der Waals surface area contributed by atoms with Gasteiger partial charge in [-0.3, -0.25) is 0 Å². The van der Waals surface area contributed by atoms with Crippen LogP contribution in [0.1, 0.15) is 47.0 Å². The van der Waals surface area contributed by atoms with E-state index in [-0.39, 0.29) is 0 Å². The van der Waals surface area contributed by atoms with Crippen molar-refractivity contribution in [1.82, 2.24) is 0 Å². The Bertz CT molecular complexity index is 81.4. The Labute approximate surface area is 73.9 Å². The van der Waals surface area contributed by atoms with E-state index in [1.807, 2.05) is 0 Å². The lowest BCUT2D eigenvalue weighted by atomic mass is 9.94. The van der Waals surface area contributed by atoms with Crippen LogP contribution in [0.25, 0.3) is 0 Å². The van der Waals surface area contributed by atoms with E-state index >= 15 is 0 Å². The third-order valence-electron chi connectivity index (χ3n) is 1.76. The third kappa shape index (κ3) is 10.4. The van der Waals surface area contributed by atoms with Crippen molar-refractivity contribution in [3.8, 4) is 0 Å². The van der Waals surface area contributed by atoms with E-state index in [0.29, 0.717) is 5.41 Å². The molecule has 0 N–H and O–H groups in total. The van der Waals surface area contributed by atoms with Crippen LogP contribution in [-0.4, -0.2) is 12.3 Å². The van der Waals surface area contributed by atoms with Crippen LogP contribution in [0.5, 0.6) is 0 Å². The van der Waals surface area contributed by atoms with Gasteiger partial charge in [-0.25, -0.2) is 0 Å². The maximum atomic E-state index is 2.33. The molecular weight excluding hydrogens is 151 g/mol. The molecule has 0 spiro atoms. The standard InChI is InChI=1S/C10H23P/c1-5-6-8-11-9-7-10(2,3)4/h11H,5-9H2,1-4H3. The summed E-state index contributed by atoms with van der Waals surface area (Å²) in [5, 5.41) is 0. The van der Waals surface area contributed by atoms with Gasteiger partial charge >= 0.3 is 0 Å². The van der Waals surface area contributed by atoms with Gasteiger partial charge in [0.1, 0.15) is 0 Å². The van der Waals surface area contributed by atoms with Crippen molar-refractivity contribution in [1.29, 1.82) is 0 Å². The average Bonchev–Trinajstić information content (AvgIpc) is 1.85. The summed E-state index contributed by atoms with van der Waals surface area (Å²) in [4.78, 5) is 0. The van der Waals surface area contributed by atoms with E-state index in [9.17, 15) is 0 Å². The highest BCUT2D eigenvalue weighted by molar-refractivity contribution is 7.37. The third-order valence-corrected chi connectivity index (χ3v) is 3.07. The van der Waals surface area contributed by atoms with Gasteiger partial charge in [0.15, 0.2) is 0 Å². The van der Waals surface area contributed by atoms with Crippen LogP contribution >= 0.6 is 8.58 Å². The van der Waals surface area contributed by atoms with Crippen LogP contribution in [0.2, 0.25) is 0 Å². The summed E-state index contributed by atoms with van der Waals surface area (Å²) in [5.41, 5.74) is 0.555. The Balaban J connectivity index is 3.02. The van der Waals surface area contributed by atoms with Gasteiger partial charge in [-0.05, 0) is 30.6 Å². The molecule has 0 aromatic heterocycles. The molecule has 0 rings (SSSR count). The lowest BCUT2D eigenvalue weighted by Gasteiger charge is -2.17. The molecule has 0 aromatic carbocycles. The Morgan fingerprint density at radius 1 is 1.09 bits per heavy atom. The predicted octanol–water partition coefficient (Wildman–Crippen LogP) is 3.90. The largest absolute Gasteiger partial charge is 0.122 e. The second kappa shape index (κ2) is 6.00. The second-order valence-electron chi connectivity index (χ2n) is 4.41. The first-order valence-electron chi connectivity index (χ1n) is 4.77. The fourth-order valence-electron chi connectivity index (χ4n) is 0.890. The Hall–Kier alpha value is 0.430. The minimum atomic E-state index is 0.555. The maximum absolute atomic E-state index is 2.33. The van der Waals surface area contributed by atoms with E-state index in [0.717, 1.165) is 0 Å². The van der Waals surface area contributed by atoms with Gasteiger partial charge in [-0.1, -0.05) is 34.1 Å². The summed E-state index contributed by atoms with van der Waals surface area (Å²) >= 11 is 0. The van der Waals surface area contributed by atoms with E-state index in [1.165, 1.54) is 40.2 Å². The van der Waals surface area contributed by atoms with Crippen molar-refractivity contribution in [2.75, 3.05) is 12.3 Å². The van der Waals surface area contributed by atoms with Crippen molar-refractivity contribution in [2.24, 2.45) is 5.41 Å². The molecule has 0 saturated heterocycles. The van der Waals surface area contributed by atoms with Gasteiger partial charge < -0.3 is 0 Å². The van der Waals surface area contributed by atoms with Crippen molar-refractivity contribution in [2.45, 2.75) is 47.0 Å². The molecule has 0 aliphatic heterocycles. The molecule has 0 amide bonds.